The lowest BCUT2D eigenvalue weighted by atomic mass is 9.77. The van der Waals surface area contributed by atoms with Crippen molar-refractivity contribution < 1.29 is 4.39 Å². The molecule has 0 saturated heterocycles. The summed E-state index contributed by atoms with van der Waals surface area (Å²) in [5.41, 5.74) is 0.757. The topological polar surface area (TPSA) is 12.0 Å². The van der Waals surface area contributed by atoms with Gasteiger partial charge in [-0.1, -0.05) is 42.6 Å². The Morgan fingerprint density at radius 1 is 1.20 bits per heavy atom. The van der Waals surface area contributed by atoms with Crippen LogP contribution in [0.4, 0.5) is 4.39 Å². The summed E-state index contributed by atoms with van der Waals surface area (Å²) in [6.07, 6.45) is 5.13. The molecule has 3 atom stereocenters. The van der Waals surface area contributed by atoms with E-state index in [2.05, 4.69) is 42.0 Å². The lowest BCUT2D eigenvalue weighted by Crippen LogP contribution is -2.42. The molecule has 0 aliphatic heterocycles. The second-order valence-electron chi connectivity index (χ2n) is 6.35. The first-order chi connectivity index (χ1) is 9.49. The Balaban J connectivity index is 2.09. The van der Waals surface area contributed by atoms with E-state index in [1.807, 2.05) is 6.07 Å². The van der Waals surface area contributed by atoms with E-state index in [0.29, 0.717) is 17.9 Å². The molecule has 0 bridgehead atoms. The minimum Gasteiger partial charge on any atom is -0.307 e. The molecule has 3 heteroatoms. The van der Waals surface area contributed by atoms with Gasteiger partial charge >= 0.3 is 0 Å². The molecule has 0 radical (unpaired) electrons. The summed E-state index contributed by atoms with van der Waals surface area (Å²) < 4.78 is 14.9. The predicted molar refractivity (Wildman–Crippen MR) is 86.2 cm³/mol. The van der Waals surface area contributed by atoms with Crippen molar-refractivity contribution >= 4 is 15.9 Å². The molecule has 1 nitrogen and oxygen atoms in total. The highest BCUT2D eigenvalue weighted by Crippen LogP contribution is 2.32. The highest BCUT2D eigenvalue weighted by atomic mass is 79.9. The van der Waals surface area contributed by atoms with Gasteiger partial charge in [0.05, 0.1) is 0 Å². The van der Waals surface area contributed by atoms with Crippen LogP contribution in [0, 0.1) is 17.7 Å². The van der Waals surface area contributed by atoms with Crippen molar-refractivity contribution in [3.05, 3.63) is 34.1 Å². The van der Waals surface area contributed by atoms with Crippen LogP contribution in [0.2, 0.25) is 0 Å². The van der Waals surface area contributed by atoms with Crippen LogP contribution < -0.4 is 5.32 Å². The maximum atomic E-state index is 14.0. The number of nitrogens with one attached hydrogen (secondary N) is 1. The smallest absolute Gasteiger partial charge is 0.128 e. The van der Waals surface area contributed by atoms with Gasteiger partial charge in [-0.05, 0) is 49.8 Å². The second-order valence-corrected chi connectivity index (χ2v) is 7.27. The number of hydrogen-bond acceptors (Lipinski definition) is 1. The van der Waals surface area contributed by atoms with Crippen LogP contribution in [0.1, 0.15) is 58.1 Å². The molecule has 0 heterocycles. The van der Waals surface area contributed by atoms with Crippen LogP contribution in [-0.4, -0.2) is 6.04 Å². The molecule has 112 valence electrons. The Bertz CT molecular complexity index is 447. The lowest BCUT2D eigenvalue weighted by molar-refractivity contribution is 0.194. The lowest BCUT2D eigenvalue weighted by Gasteiger charge is -2.37. The molecular weight excluding hydrogens is 317 g/mol. The molecule has 1 saturated carbocycles. The Morgan fingerprint density at radius 2 is 1.90 bits per heavy atom. The molecule has 3 unspecified atom stereocenters. The van der Waals surface area contributed by atoms with Gasteiger partial charge in [0.15, 0.2) is 0 Å². The van der Waals surface area contributed by atoms with Crippen LogP contribution in [0.25, 0.3) is 0 Å². The molecule has 0 amide bonds. The van der Waals surface area contributed by atoms with Gasteiger partial charge in [0.25, 0.3) is 0 Å². The predicted octanol–water partition coefficient (Wildman–Crippen LogP) is 5.45. The van der Waals surface area contributed by atoms with E-state index in [1.165, 1.54) is 25.7 Å². The van der Waals surface area contributed by atoms with Crippen molar-refractivity contribution in [1.29, 1.82) is 0 Å². The van der Waals surface area contributed by atoms with Gasteiger partial charge in [-0.25, -0.2) is 4.39 Å². The molecule has 0 spiro atoms. The van der Waals surface area contributed by atoms with Gasteiger partial charge in [-0.15, -0.1) is 0 Å². The van der Waals surface area contributed by atoms with E-state index in [-0.39, 0.29) is 11.9 Å². The molecular formula is C17H25BrFN. The Morgan fingerprint density at radius 3 is 2.60 bits per heavy atom. The minimum atomic E-state index is -0.120. The van der Waals surface area contributed by atoms with E-state index in [9.17, 15) is 4.39 Å². The molecule has 1 aromatic rings. The molecule has 2 rings (SSSR count). The summed E-state index contributed by atoms with van der Waals surface area (Å²) in [7, 11) is 0. The maximum absolute atomic E-state index is 14.0. The third-order valence-electron chi connectivity index (χ3n) is 4.56. The van der Waals surface area contributed by atoms with E-state index >= 15 is 0 Å². The van der Waals surface area contributed by atoms with Crippen molar-refractivity contribution in [3.63, 3.8) is 0 Å². The van der Waals surface area contributed by atoms with Crippen LogP contribution in [0.5, 0.6) is 0 Å². The second kappa shape index (κ2) is 7.04. The van der Waals surface area contributed by atoms with Gasteiger partial charge in [-0.3, -0.25) is 0 Å². The van der Waals surface area contributed by atoms with Crippen molar-refractivity contribution in [2.75, 3.05) is 0 Å². The van der Waals surface area contributed by atoms with E-state index in [4.69, 9.17) is 0 Å². The number of hydrogen-bond donors (Lipinski definition) is 1. The number of halogens is 2. The van der Waals surface area contributed by atoms with Crippen LogP contribution in [0.15, 0.2) is 22.7 Å². The zero-order valence-electron chi connectivity index (χ0n) is 12.6. The van der Waals surface area contributed by atoms with Crippen molar-refractivity contribution in [2.45, 2.75) is 58.5 Å². The molecule has 1 aliphatic rings. The van der Waals surface area contributed by atoms with Crippen molar-refractivity contribution in [3.8, 4) is 0 Å². The fourth-order valence-corrected chi connectivity index (χ4v) is 3.80. The molecule has 1 fully saturated rings. The zero-order valence-corrected chi connectivity index (χ0v) is 14.2. The summed E-state index contributed by atoms with van der Waals surface area (Å²) >= 11 is 3.43. The normalized spacial score (nSPS) is 24.9. The minimum absolute atomic E-state index is 0.0526. The first-order valence-electron chi connectivity index (χ1n) is 7.70. The monoisotopic (exact) mass is 341 g/mol. The fourth-order valence-electron chi connectivity index (χ4n) is 3.42. The zero-order chi connectivity index (χ0) is 14.7. The first kappa shape index (κ1) is 16.0. The quantitative estimate of drug-likeness (QED) is 0.767. The van der Waals surface area contributed by atoms with E-state index in [0.717, 1.165) is 10.0 Å². The van der Waals surface area contributed by atoms with E-state index in [1.54, 1.807) is 12.1 Å². The Kier molecular flexibility index (Phi) is 5.62. The van der Waals surface area contributed by atoms with Crippen molar-refractivity contribution in [1.82, 2.24) is 5.32 Å². The summed E-state index contributed by atoms with van der Waals surface area (Å²) in [6, 6.07) is 5.75. The van der Waals surface area contributed by atoms with Gasteiger partial charge < -0.3 is 5.32 Å². The molecule has 1 aliphatic carbocycles. The first-order valence-corrected chi connectivity index (χ1v) is 8.49. The molecule has 0 aromatic heterocycles. The highest BCUT2D eigenvalue weighted by molar-refractivity contribution is 9.10. The van der Waals surface area contributed by atoms with Crippen LogP contribution in [0.3, 0.4) is 0 Å². The van der Waals surface area contributed by atoms with Crippen LogP contribution >= 0.6 is 15.9 Å². The fraction of sp³-hybridized carbons (Fsp3) is 0.647. The average Bonchev–Trinajstić information content (AvgIpc) is 2.41. The number of rotatable bonds is 4. The van der Waals surface area contributed by atoms with Gasteiger partial charge in [0.2, 0.25) is 0 Å². The third-order valence-corrected chi connectivity index (χ3v) is 5.06. The maximum Gasteiger partial charge on any atom is 0.128 e. The van der Waals surface area contributed by atoms with E-state index < -0.39 is 0 Å². The van der Waals surface area contributed by atoms with Gasteiger partial charge in [0.1, 0.15) is 5.82 Å². The average molecular weight is 342 g/mol. The standard InChI is InChI=1S/C17H25BrFN/c1-11(2)14-6-4-5-7-17(14)20-12(3)15-10-13(18)8-9-16(15)19/h8-12,14,17,20H,4-7H2,1-3H3. The summed E-state index contributed by atoms with van der Waals surface area (Å²) in [6.45, 7) is 6.67. The largest absolute Gasteiger partial charge is 0.307 e. The summed E-state index contributed by atoms with van der Waals surface area (Å²) in [5.74, 6) is 1.28. The Hall–Kier alpha value is -0.410. The van der Waals surface area contributed by atoms with Gasteiger partial charge in [-0.2, -0.15) is 0 Å². The number of benzene rings is 1. The molecule has 1 N–H and O–H groups in total. The van der Waals surface area contributed by atoms with Crippen LogP contribution in [-0.2, 0) is 0 Å². The van der Waals surface area contributed by atoms with Crippen molar-refractivity contribution in [2.24, 2.45) is 11.8 Å². The summed E-state index contributed by atoms with van der Waals surface area (Å²) in [4.78, 5) is 0. The SMILES string of the molecule is CC(NC1CCCCC1C(C)C)c1cc(Br)ccc1F. The summed E-state index contributed by atoms with van der Waals surface area (Å²) in [5, 5.41) is 3.67. The highest BCUT2D eigenvalue weighted by Gasteiger charge is 2.28. The third kappa shape index (κ3) is 3.82. The molecule has 20 heavy (non-hydrogen) atoms. The Labute approximate surface area is 130 Å². The molecule has 1 aromatic carbocycles. The van der Waals surface area contributed by atoms with Gasteiger partial charge in [0, 0.05) is 22.1 Å².